The molecule has 0 aliphatic heterocycles. The molecule has 0 saturated carbocycles. The Bertz CT molecular complexity index is 435. The quantitative estimate of drug-likeness (QED) is 0.743. The highest BCUT2D eigenvalue weighted by molar-refractivity contribution is 5.88. The molecule has 0 unspecified atom stereocenters. The zero-order valence-corrected chi connectivity index (χ0v) is 8.42. The van der Waals surface area contributed by atoms with Crippen LogP contribution in [0.1, 0.15) is 24.5 Å². The van der Waals surface area contributed by atoms with Gasteiger partial charge in [0, 0.05) is 4.53 Å². The fourth-order valence-corrected chi connectivity index (χ4v) is 2.01. The average Bonchev–Trinajstić information content (AvgIpc) is 2.55. The molecule has 0 heterocycles. The maximum absolute atomic E-state index is 11.7. The van der Waals surface area contributed by atoms with Crippen molar-refractivity contribution in [3.8, 4) is 0 Å². The fraction of sp³-hybridized carbons (Fsp3) is 0.250. The number of carbonyl (C=O) groups is 1. The Hall–Kier alpha value is -1.64. The molecule has 1 aliphatic carbocycles. The van der Waals surface area contributed by atoms with Gasteiger partial charge in [0.05, 0.1) is 6.42 Å². The van der Waals surface area contributed by atoms with Crippen molar-refractivity contribution >= 4 is 11.5 Å². The molecule has 1 aliphatic rings. The Morgan fingerprint density at radius 3 is 2.93 bits per heavy atom. The van der Waals surface area contributed by atoms with Gasteiger partial charge in [0.2, 0.25) is 0 Å². The summed E-state index contributed by atoms with van der Waals surface area (Å²) in [4.78, 5) is 14.1. The lowest BCUT2D eigenvalue weighted by atomic mass is 10.0. The third-order valence-electron chi connectivity index (χ3n) is 2.72. The molecular formula is C12H11FO2. The monoisotopic (exact) mass is 206 g/mol. The van der Waals surface area contributed by atoms with Crippen molar-refractivity contribution in [2.24, 2.45) is 0 Å². The Kier molecular flexibility index (Phi) is 2.54. The Labute approximate surface area is 87.3 Å². The number of fused-ring (bicyclic) bond motifs is 1. The number of hydrogen-bond donors (Lipinski definition) is 0. The van der Waals surface area contributed by atoms with Crippen molar-refractivity contribution in [1.82, 2.24) is 0 Å². The molecule has 0 atom stereocenters. The van der Waals surface area contributed by atoms with Crippen LogP contribution in [0.25, 0.3) is 5.57 Å². The molecule has 0 fully saturated rings. The first-order chi connectivity index (χ1) is 7.22. The van der Waals surface area contributed by atoms with Crippen LogP contribution < -0.4 is 0 Å². The summed E-state index contributed by atoms with van der Waals surface area (Å²) < 4.78 is 11.7. The lowest BCUT2D eigenvalue weighted by Crippen LogP contribution is -1.99. The van der Waals surface area contributed by atoms with Crippen molar-refractivity contribution in [3.05, 3.63) is 41.0 Å². The van der Waals surface area contributed by atoms with E-state index in [9.17, 15) is 9.32 Å². The second kappa shape index (κ2) is 3.85. The summed E-state index contributed by atoms with van der Waals surface area (Å²) in [5.41, 5.74) is 4.24. The van der Waals surface area contributed by atoms with Crippen LogP contribution >= 0.6 is 0 Å². The van der Waals surface area contributed by atoms with Crippen molar-refractivity contribution in [2.75, 3.05) is 0 Å². The number of rotatable bonds is 2. The van der Waals surface area contributed by atoms with Crippen LogP contribution in [0.3, 0.4) is 0 Å². The van der Waals surface area contributed by atoms with Gasteiger partial charge < -0.3 is 0 Å². The van der Waals surface area contributed by atoms with Crippen LogP contribution in [0.5, 0.6) is 0 Å². The maximum atomic E-state index is 11.7. The second-order valence-corrected chi connectivity index (χ2v) is 3.72. The normalized spacial score (nSPS) is 14.0. The van der Waals surface area contributed by atoms with E-state index < -0.39 is 5.97 Å². The van der Waals surface area contributed by atoms with E-state index in [1.807, 2.05) is 31.2 Å². The Morgan fingerprint density at radius 1 is 1.47 bits per heavy atom. The van der Waals surface area contributed by atoms with Gasteiger partial charge in [-0.3, -0.25) is 4.94 Å². The summed E-state index contributed by atoms with van der Waals surface area (Å²) in [5.74, 6) is -0.832. The maximum Gasteiger partial charge on any atom is 0.353 e. The molecule has 0 spiro atoms. The van der Waals surface area contributed by atoms with Crippen LogP contribution in [-0.2, 0) is 16.2 Å². The fourth-order valence-electron chi connectivity index (χ4n) is 2.01. The Morgan fingerprint density at radius 2 is 2.20 bits per heavy atom. The van der Waals surface area contributed by atoms with Gasteiger partial charge in [0.15, 0.2) is 0 Å². The SMILES string of the molecule is CC1=C(CC(=O)OF)c2ccccc2C1. The van der Waals surface area contributed by atoms with Crippen molar-refractivity contribution < 1.29 is 14.3 Å². The molecule has 78 valence electrons. The molecule has 2 nitrogen and oxygen atoms in total. The molecule has 15 heavy (non-hydrogen) atoms. The minimum Gasteiger partial charge on any atom is -0.255 e. The predicted octanol–water partition coefficient (Wildman–Crippen LogP) is 2.83. The van der Waals surface area contributed by atoms with E-state index in [1.165, 1.54) is 5.56 Å². The van der Waals surface area contributed by atoms with Crippen molar-refractivity contribution in [2.45, 2.75) is 19.8 Å². The number of benzene rings is 1. The Balaban J connectivity index is 2.32. The lowest BCUT2D eigenvalue weighted by molar-refractivity contribution is -0.182. The van der Waals surface area contributed by atoms with Crippen LogP contribution in [0.4, 0.5) is 4.53 Å². The molecule has 1 aromatic rings. The molecule has 0 bridgehead atoms. The smallest absolute Gasteiger partial charge is 0.255 e. The highest BCUT2D eigenvalue weighted by atomic mass is 19.3. The molecule has 1 aromatic carbocycles. The minimum atomic E-state index is -0.832. The van der Waals surface area contributed by atoms with Crippen LogP contribution in [-0.4, -0.2) is 5.97 Å². The van der Waals surface area contributed by atoms with Gasteiger partial charge in [0.25, 0.3) is 0 Å². The number of hydrogen-bond acceptors (Lipinski definition) is 2. The van der Waals surface area contributed by atoms with Gasteiger partial charge >= 0.3 is 5.97 Å². The lowest BCUT2D eigenvalue weighted by Gasteiger charge is -2.03. The van der Waals surface area contributed by atoms with Crippen LogP contribution in [0.15, 0.2) is 29.8 Å². The third-order valence-corrected chi connectivity index (χ3v) is 2.72. The van der Waals surface area contributed by atoms with Gasteiger partial charge in [-0.1, -0.05) is 29.8 Å². The van der Waals surface area contributed by atoms with E-state index in [-0.39, 0.29) is 6.42 Å². The number of carbonyl (C=O) groups excluding carboxylic acids is 1. The van der Waals surface area contributed by atoms with Gasteiger partial charge in [-0.05, 0) is 30.0 Å². The minimum absolute atomic E-state index is 0.0132. The summed E-state index contributed by atoms with van der Waals surface area (Å²) in [7, 11) is 0. The third kappa shape index (κ3) is 1.77. The summed E-state index contributed by atoms with van der Waals surface area (Å²) in [6, 6.07) is 7.85. The van der Waals surface area contributed by atoms with Crippen molar-refractivity contribution in [3.63, 3.8) is 0 Å². The van der Waals surface area contributed by atoms with E-state index in [4.69, 9.17) is 0 Å². The molecule has 0 saturated heterocycles. The zero-order valence-electron chi connectivity index (χ0n) is 8.42. The van der Waals surface area contributed by atoms with Gasteiger partial charge in [-0.2, -0.15) is 0 Å². The highest BCUT2D eigenvalue weighted by Crippen LogP contribution is 2.34. The molecular weight excluding hydrogens is 195 g/mol. The molecule has 0 N–H and O–H groups in total. The molecule has 0 radical (unpaired) electrons. The molecule has 0 aromatic heterocycles. The highest BCUT2D eigenvalue weighted by Gasteiger charge is 2.21. The average molecular weight is 206 g/mol. The topological polar surface area (TPSA) is 26.3 Å². The first-order valence-corrected chi connectivity index (χ1v) is 4.80. The first kappa shape index (κ1) is 9.90. The molecule has 3 heteroatoms. The van der Waals surface area contributed by atoms with Gasteiger partial charge in [0.1, 0.15) is 0 Å². The summed E-state index contributed by atoms with van der Waals surface area (Å²) >= 11 is 0. The largest absolute Gasteiger partial charge is 0.353 e. The van der Waals surface area contributed by atoms with E-state index >= 15 is 0 Å². The molecule has 2 rings (SSSR count). The summed E-state index contributed by atoms with van der Waals surface area (Å²) in [5, 5.41) is 0. The number of halogens is 1. The van der Waals surface area contributed by atoms with Crippen LogP contribution in [0.2, 0.25) is 0 Å². The van der Waals surface area contributed by atoms with E-state index in [0.717, 1.165) is 23.1 Å². The van der Waals surface area contributed by atoms with E-state index in [0.29, 0.717) is 0 Å². The first-order valence-electron chi connectivity index (χ1n) is 4.80. The van der Waals surface area contributed by atoms with Gasteiger partial charge in [-0.25, -0.2) is 4.79 Å². The molecule has 0 amide bonds. The zero-order chi connectivity index (χ0) is 10.8. The van der Waals surface area contributed by atoms with E-state index in [2.05, 4.69) is 4.94 Å². The standard InChI is InChI=1S/C12H11FO2/c1-8-6-9-4-2-3-5-10(9)11(8)7-12(14)15-13/h2-5H,6-7H2,1H3. The predicted molar refractivity (Wildman–Crippen MR) is 54.6 cm³/mol. The summed E-state index contributed by atoms with van der Waals surface area (Å²) in [6.45, 7) is 1.96. The van der Waals surface area contributed by atoms with Crippen molar-refractivity contribution in [1.29, 1.82) is 0 Å². The van der Waals surface area contributed by atoms with Crippen LogP contribution in [0, 0.1) is 0 Å². The van der Waals surface area contributed by atoms with E-state index in [1.54, 1.807) is 0 Å². The second-order valence-electron chi connectivity index (χ2n) is 3.72. The number of allylic oxidation sites excluding steroid dienone is 1. The van der Waals surface area contributed by atoms with Gasteiger partial charge in [-0.15, -0.1) is 0 Å². The summed E-state index contributed by atoms with van der Waals surface area (Å²) in [6.07, 6.45) is 0.852.